The SMILES string of the molecule is O=C(O)CCC(C(=O)O)N1C(=O)/C(=C/c2ccc(O)c(O)c2)SC1=S. The molecule has 1 aliphatic heterocycles. The molecule has 132 valence electrons. The molecule has 1 saturated heterocycles. The summed E-state index contributed by atoms with van der Waals surface area (Å²) < 4.78 is 0.0111. The summed E-state index contributed by atoms with van der Waals surface area (Å²) in [5.74, 6) is -3.85. The van der Waals surface area contributed by atoms with Gasteiger partial charge in [0.05, 0.1) is 4.91 Å². The number of phenolic OH excluding ortho intramolecular Hbond substituents is 2. The highest BCUT2D eigenvalue weighted by atomic mass is 32.2. The van der Waals surface area contributed by atoms with Crippen LogP contribution in [0.4, 0.5) is 0 Å². The number of hydrogen-bond acceptors (Lipinski definition) is 7. The van der Waals surface area contributed by atoms with Gasteiger partial charge in [-0.2, -0.15) is 0 Å². The summed E-state index contributed by atoms with van der Waals surface area (Å²) in [6, 6.07) is 2.57. The number of phenols is 2. The molecule has 1 heterocycles. The van der Waals surface area contributed by atoms with Crippen LogP contribution in [-0.4, -0.2) is 53.5 Å². The number of carbonyl (C=O) groups excluding carboxylic acids is 1. The number of thioether (sulfide) groups is 1. The molecule has 1 amide bonds. The van der Waals surface area contributed by atoms with Crippen LogP contribution in [0.15, 0.2) is 23.1 Å². The average Bonchev–Trinajstić information content (AvgIpc) is 2.78. The lowest BCUT2D eigenvalue weighted by Crippen LogP contribution is -2.44. The van der Waals surface area contributed by atoms with E-state index < -0.39 is 30.3 Å². The van der Waals surface area contributed by atoms with Gasteiger partial charge in [0.25, 0.3) is 5.91 Å². The molecule has 8 nitrogen and oxygen atoms in total. The molecule has 0 bridgehead atoms. The smallest absolute Gasteiger partial charge is 0.326 e. The molecule has 1 aromatic carbocycles. The summed E-state index contributed by atoms with van der Waals surface area (Å²) in [5, 5.41) is 36.8. The van der Waals surface area contributed by atoms with Gasteiger partial charge in [0.1, 0.15) is 10.4 Å². The van der Waals surface area contributed by atoms with Crippen LogP contribution in [0.3, 0.4) is 0 Å². The van der Waals surface area contributed by atoms with E-state index in [0.717, 1.165) is 16.7 Å². The molecule has 0 spiro atoms. The molecule has 0 aliphatic carbocycles. The molecule has 1 aromatic rings. The average molecular weight is 383 g/mol. The summed E-state index contributed by atoms with van der Waals surface area (Å²) in [6.45, 7) is 0. The van der Waals surface area contributed by atoms with E-state index in [9.17, 15) is 29.7 Å². The normalized spacial score (nSPS) is 17.1. The lowest BCUT2D eigenvalue weighted by molar-refractivity contribution is -0.146. The first-order chi connectivity index (χ1) is 11.7. The number of carboxylic acids is 2. The van der Waals surface area contributed by atoms with E-state index in [1.165, 1.54) is 24.3 Å². The lowest BCUT2D eigenvalue weighted by atomic mass is 10.1. The van der Waals surface area contributed by atoms with Crippen molar-refractivity contribution in [2.45, 2.75) is 18.9 Å². The molecular formula is C15H13NO7S2. The van der Waals surface area contributed by atoms with E-state index in [1.54, 1.807) is 0 Å². The molecule has 0 radical (unpaired) electrons. The molecular weight excluding hydrogens is 370 g/mol. The Balaban J connectivity index is 2.28. The van der Waals surface area contributed by atoms with Crippen molar-refractivity contribution in [3.05, 3.63) is 28.7 Å². The number of aliphatic carboxylic acids is 2. The van der Waals surface area contributed by atoms with Gasteiger partial charge in [-0.15, -0.1) is 0 Å². The highest BCUT2D eigenvalue weighted by Crippen LogP contribution is 2.36. The lowest BCUT2D eigenvalue weighted by Gasteiger charge is -2.22. The number of carboxylic acid groups (broad SMARTS) is 2. The monoisotopic (exact) mass is 383 g/mol. The number of aromatic hydroxyl groups is 2. The van der Waals surface area contributed by atoms with Crippen molar-refractivity contribution in [3.63, 3.8) is 0 Å². The van der Waals surface area contributed by atoms with Gasteiger partial charge >= 0.3 is 11.9 Å². The van der Waals surface area contributed by atoms with Crippen molar-refractivity contribution in [1.29, 1.82) is 0 Å². The Hall–Kier alpha value is -2.59. The fourth-order valence-electron chi connectivity index (χ4n) is 2.15. The van der Waals surface area contributed by atoms with E-state index in [-0.39, 0.29) is 27.1 Å². The Bertz CT molecular complexity index is 790. The van der Waals surface area contributed by atoms with Crippen LogP contribution in [0.2, 0.25) is 0 Å². The molecule has 0 saturated carbocycles. The fraction of sp³-hybridized carbons (Fsp3) is 0.200. The third-order valence-electron chi connectivity index (χ3n) is 3.35. The zero-order chi connectivity index (χ0) is 18.7. The zero-order valence-electron chi connectivity index (χ0n) is 12.6. The second-order valence-electron chi connectivity index (χ2n) is 5.09. The number of nitrogens with zero attached hydrogens (tertiary/aromatic N) is 1. The fourth-order valence-corrected chi connectivity index (χ4v) is 3.51. The van der Waals surface area contributed by atoms with E-state index in [0.29, 0.717) is 5.56 Å². The van der Waals surface area contributed by atoms with Crippen molar-refractivity contribution in [1.82, 2.24) is 4.90 Å². The molecule has 10 heteroatoms. The Morgan fingerprint density at radius 3 is 2.48 bits per heavy atom. The van der Waals surface area contributed by atoms with Crippen LogP contribution in [0.5, 0.6) is 11.5 Å². The zero-order valence-corrected chi connectivity index (χ0v) is 14.2. The van der Waals surface area contributed by atoms with Crippen LogP contribution in [0.1, 0.15) is 18.4 Å². The predicted molar refractivity (Wildman–Crippen MR) is 93.1 cm³/mol. The number of hydrogen-bond donors (Lipinski definition) is 4. The van der Waals surface area contributed by atoms with Crippen LogP contribution in [0, 0.1) is 0 Å². The van der Waals surface area contributed by atoms with Crippen molar-refractivity contribution < 1.29 is 34.8 Å². The van der Waals surface area contributed by atoms with Crippen LogP contribution in [-0.2, 0) is 14.4 Å². The molecule has 1 aliphatic rings. The second-order valence-corrected chi connectivity index (χ2v) is 6.76. The predicted octanol–water partition coefficient (Wildman–Crippen LogP) is 1.62. The molecule has 0 aromatic heterocycles. The minimum Gasteiger partial charge on any atom is -0.504 e. The largest absolute Gasteiger partial charge is 0.504 e. The van der Waals surface area contributed by atoms with Gasteiger partial charge in [-0.1, -0.05) is 30.0 Å². The summed E-state index contributed by atoms with van der Waals surface area (Å²) in [7, 11) is 0. The minimum absolute atomic E-state index is 0.0111. The maximum atomic E-state index is 12.5. The van der Waals surface area contributed by atoms with Gasteiger partial charge in [-0.3, -0.25) is 14.5 Å². The molecule has 25 heavy (non-hydrogen) atoms. The van der Waals surface area contributed by atoms with Gasteiger partial charge in [0.2, 0.25) is 0 Å². The van der Waals surface area contributed by atoms with Crippen molar-refractivity contribution in [2.75, 3.05) is 0 Å². The van der Waals surface area contributed by atoms with Gasteiger partial charge in [-0.25, -0.2) is 4.79 Å². The quantitative estimate of drug-likeness (QED) is 0.328. The highest BCUT2D eigenvalue weighted by Gasteiger charge is 2.40. The number of carbonyl (C=O) groups is 3. The molecule has 1 atom stereocenters. The van der Waals surface area contributed by atoms with Crippen molar-refractivity contribution >= 4 is 52.2 Å². The van der Waals surface area contributed by atoms with E-state index in [4.69, 9.17) is 17.3 Å². The highest BCUT2D eigenvalue weighted by molar-refractivity contribution is 8.26. The Morgan fingerprint density at radius 2 is 1.92 bits per heavy atom. The van der Waals surface area contributed by atoms with Crippen LogP contribution >= 0.6 is 24.0 Å². The topological polar surface area (TPSA) is 135 Å². The Labute approximate surface area is 151 Å². The summed E-state index contributed by atoms with van der Waals surface area (Å²) >= 11 is 5.94. The first kappa shape index (κ1) is 18.7. The van der Waals surface area contributed by atoms with Crippen LogP contribution in [0.25, 0.3) is 6.08 Å². The minimum atomic E-state index is -1.37. The van der Waals surface area contributed by atoms with E-state index in [1.807, 2.05) is 0 Å². The number of benzene rings is 1. The van der Waals surface area contributed by atoms with Crippen molar-refractivity contribution in [2.24, 2.45) is 0 Å². The van der Waals surface area contributed by atoms with Gasteiger partial charge in [0, 0.05) is 6.42 Å². The number of amides is 1. The first-order valence-corrected chi connectivity index (χ1v) is 8.17. The van der Waals surface area contributed by atoms with E-state index in [2.05, 4.69) is 0 Å². The maximum absolute atomic E-state index is 12.5. The van der Waals surface area contributed by atoms with Crippen molar-refractivity contribution in [3.8, 4) is 11.5 Å². The number of thiocarbonyl (C=S) groups is 1. The van der Waals surface area contributed by atoms with Gasteiger partial charge in [0.15, 0.2) is 11.5 Å². The Morgan fingerprint density at radius 1 is 1.24 bits per heavy atom. The maximum Gasteiger partial charge on any atom is 0.326 e. The molecule has 1 unspecified atom stereocenters. The summed E-state index contributed by atoms with van der Waals surface area (Å²) in [6.07, 6.45) is 0.706. The first-order valence-electron chi connectivity index (χ1n) is 6.94. The second kappa shape index (κ2) is 7.53. The van der Waals surface area contributed by atoms with Gasteiger partial charge < -0.3 is 20.4 Å². The standard InChI is InChI=1S/C15H13NO7S2/c17-9-3-1-7(5-10(9)18)6-11-13(21)16(15(24)25-11)8(14(22)23)2-4-12(19)20/h1,3,5-6,8,17-18H,2,4H2,(H,19,20)(H,22,23)/b11-6-. The molecule has 4 N–H and O–H groups in total. The molecule has 1 fully saturated rings. The summed E-state index contributed by atoms with van der Waals surface area (Å²) in [4.78, 5) is 35.6. The molecule has 2 rings (SSSR count). The Kier molecular flexibility index (Phi) is 5.65. The van der Waals surface area contributed by atoms with Gasteiger partial charge in [-0.05, 0) is 30.2 Å². The van der Waals surface area contributed by atoms with E-state index >= 15 is 0 Å². The van der Waals surface area contributed by atoms with Crippen LogP contribution < -0.4 is 0 Å². The third kappa shape index (κ3) is 4.28. The summed E-state index contributed by atoms with van der Waals surface area (Å²) in [5.41, 5.74) is 0.410. The number of rotatable bonds is 6. The third-order valence-corrected chi connectivity index (χ3v) is 4.68.